The average Bonchev–Trinajstić information content (AvgIpc) is 3.00. The molecule has 3 aromatic carbocycles. The number of hydrogen-bond donors (Lipinski definition) is 4. The first kappa shape index (κ1) is 35.0. The van der Waals surface area contributed by atoms with E-state index in [1.807, 2.05) is 37.3 Å². The zero-order chi connectivity index (χ0) is 32.7. The van der Waals surface area contributed by atoms with E-state index in [0.717, 1.165) is 10.6 Å². The van der Waals surface area contributed by atoms with Crippen molar-refractivity contribution in [3.63, 3.8) is 0 Å². The molecule has 0 saturated carbocycles. The predicted octanol–water partition coefficient (Wildman–Crippen LogP) is 8.02. The highest BCUT2D eigenvalue weighted by Crippen LogP contribution is 2.27. The lowest BCUT2D eigenvalue weighted by Gasteiger charge is -2.24. The maximum Gasteiger partial charge on any atom is 0.286 e. The Bertz CT molecular complexity index is 1840. The molecule has 10 nitrogen and oxygen atoms in total. The van der Waals surface area contributed by atoms with Crippen molar-refractivity contribution >= 4 is 28.7 Å². The summed E-state index contributed by atoms with van der Waals surface area (Å²) in [5, 5.41) is 31.0. The van der Waals surface area contributed by atoms with E-state index in [1.165, 1.54) is 6.07 Å². The van der Waals surface area contributed by atoms with Gasteiger partial charge in [0.15, 0.2) is 0 Å². The van der Waals surface area contributed by atoms with Crippen LogP contribution in [0.3, 0.4) is 0 Å². The van der Waals surface area contributed by atoms with E-state index in [0.29, 0.717) is 61.9 Å². The molecule has 0 radical (unpaired) electrons. The first-order chi connectivity index (χ1) is 21.4. The Labute approximate surface area is 272 Å². The molecule has 0 atom stereocenters. The molecule has 240 valence electrons. The lowest BCUT2D eigenvalue weighted by atomic mass is 10.1. The number of aliphatic imine (C=N–C) groups is 1. The summed E-state index contributed by atoms with van der Waals surface area (Å²) in [6, 6.07) is 22.7. The molecular weight excluding hydrogens is 608 g/mol. The molecule has 0 saturated heterocycles. The van der Waals surface area contributed by atoms with Crippen LogP contribution in [0, 0.1) is 6.92 Å². The van der Waals surface area contributed by atoms with Gasteiger partial charge in [-0.1, -0.05) is 37.7 Å². The summed E-state index contributed by atoms with van der Waals surface area (Å²) in [5.74, 6) is 1.55. The molecule has 1 aromatic heterocycles. The second-order valence-electron chi connectivity index (χ2n) is 10.1. The van der Waals surface area contributed by atoms with E-state index < -0.39 is 11.4 Å². The molecule has 0 spiro atoms. The molecular formula is C35H37ClN4O6. The standard InChI is InChI=1S/C20H18ClNO3.C14H15N3O3.CH4/c1-14-11-15(2)22(23)17(12-14)13-24-18-7-9-20(10-8-18)25-19-5-3-16(21)4-6-19;1-8-7-12(18)17(20)14(19)13(8)9(2)16-11-6-4-3-5-10(11)15;/h3-12,23H,2,13H2,1H3;3-7,19-20H,15H2,1-2H3;1H4. The van der Waals surface area contributed by atoms with Gasteiger partial charge in [0.25, 0.3) is 5.56 Å². The fourth-order valence-corrected chi connectivity index (χ4v) is 4.48. The van der Waals surface area contributed by atoms with Crippen molar-refractivity contribution in [3.8, 4) is 23.1 Å². The highest BCUT2D eigenvalue weighted by Gasteiger charge is 2.16. The summed E-state index contributed by atoms with van der Waals surface area (Å²) < 4.78 is 11.6. The van der Waals surface area contributed by atoms with Crippen molar-refractivity contribution in [3.05, 3.63) is 141 Å². The van der Waals surface area contributed by atoms with Crippen molar-refractivity contribution in [2.24, 2.45) is 4.99 Å². The number of allylic oxidation sites excluding steroid dienone is 3. The van der Waals surface area contributed by atoms with Gasteiger partial charge < -0.3 is 25.5 Å². The number of hydrogen-bond acceptors (Lipinski definition) is 9. The number of benzene rings is 3. The van der Waals surface area contributed by atoms with Gasteiger partial charge in [-0.2, -0.15) is 0 Å². The molecule has 1 aliphatic heterocycles. The lowest BCUT2D eigenvalue weighted by molar-refractivity contribution is -0.0239. The van der Waals surface area contributed by atoms with Gasteiger partial charge in [0.05, 0.1) is 34.0 Å². The molecule has 2 heterocycles. The number of anilines is 1. The number of aryl methyl sites for hydroxylation is 1. The average molecular weight is 645 g/mol. The number of para-hydroxylation sites is 2. The number of aromatic nitrogens is 1. The second kappa shape index (κ2) is 15.5. The summed E-state index contributed by atoms with van der Waals surface area (Å²) in [7, 11) is 0. The lowest BCUT2D eigenvalue weighted by Crippen LogP contribution is -2.23. The molecule has 0 bridgehead atoms. The number of nitrogen functional groups attached to an aromatic ring is 1. The van der Waals surface area contributed by atoms with Crippen LogP contribution in [0.15, 0.2) is 124 Å². The number of hydroxylamine groups is 2. The highest BCUT2D eigenvalue weighted by molar-refractivity contribution is 6.30. The molecule has 1 aliphatic rings. The number of aromatic hydroxyl groups is 1. The Kier molecular flexibility index (Phi) is 11.8. The molecule has 46 heavy (non-hydrogen) atoms. The SMILES string of the molecule is C.C=C1C=C(C)C=C(COc2ccc(Oc3ccc(Cl)cc3)cc2)N1O.CC(=Nc1ccccc1N)c1c(C)cc(=O)n(O)c1O. The van der Waals surface area contributed by atoms with Crippen molar-refractivity contribution in [2.45, 2.75) is 28.2 Å². The van der Waals surface area contributed by atoms with E-state index in [1.54, 1.807) is 68.5 Å². The third-order valence-corrected chi connectivity index (χ3v) is 6.80. The van der Waals surface area contributed by atoms with Crippen molar-refractivity contribution < 1.29 is 25.0 Å². The summed E-state index contributed by atoms with van der Waals surface area (Å²) in [5.41, 5.74) is 9.59. The molecule has 0 fully saturated rings. The van der Waals surface area contributed by atoms with Gasteiger partial charge in [0, 0.05) is 11.1 Å². The Morgan fingerprint density at radius 2 is 1.54 bits per heavy atom. The first-order valence-electron chi connectivity index (χ1n) is 13.7. The minimum absolute atomic E-state index is 0. The van der Waals surface area contributed by atoms with Gasteiger partial charge in [0.1, 0.15) is 23.9 Å². The summed E-state index contributed by atoms with van der Waals surface area (Å²) in [6.45, 7) is 9.29. The maximum absolute atomic E-state index is 11.3. The van der Waals surface area contributed by atoms with Gasteiger partial charge in [-0.3, -0.25) is 15.0 Å². The van der Waals surface area contributed by atoms with Gasteiger partial charge >= 0.3 is 0 Å². The van der Waals surface area contributed by atoms with E-state index >= 15 is 0 Å². The number of rotatable bonds is 7. The molecule has 0 amide bonds. The Hall–Kier alpha value is -5.45. The topological polar surface area (TPSA) is 143 Å². The number of nitrogens with zero attached hydrogens (tertiary/aromatic N) is 3. The number of ether oxygens (including phenoxy) is 2. The molecule has 0 unspecified atom stereocenters. The van der Waals surface area contributed by atoms with Crippen LogP contribution in [-0.4, -0.2) is 37.6 Å². The fourth-order valence-electron chi connectivity index (χ4n) is 4.35. The summed E-state index contributed by atoms with van der Waals surface area (Å²) in [6.07, 6.45) is 3.65. The van der Waals surface area contributed by atoms with E-state index in [9.17, 15) is 20.3 Å². The van der Waals surface area contributed by atoms with E-state index in [4.69, 9.17) is 26.8 Å². The Morgan fingerprint density at radius 3 is 2.17 bits per heavy atom. The maximum atomic E-state index is 11.3. The van der Waals surface area contributed by atoms with Gasteiger partial charge in [-0.05, 0) is 105 Å². The third kappa shape index (κ3) is 8.81. The van der Waals surface area contributed by atoms with Crippen LogP contribution in [-0.2, 0) is 0 Å². The van der Waals surface area contributed by atoms with Crippen molar-refractivity contribution in [1.82, 2.24) is 9.79 Å². The number of nitrogens with two attached hydrogens (primary N) is 1. The number of halogens is 1. The molecule has 11 heteroatoms. The molecule has 5 rings (SSSR count). The second-order valence-corrected chi connectivity index (χ2v) is 10.5. The van der Waals surface area contributed by atoms with Gasteiger partial charge in [-0.15, -0.1) is 4.73 Å². The third-order valence-electron chi connectivity index (χ3n) is 6.55. The molecule has 4 aromatic rings. The van der Waals surface area contributed by atoms with Crippen LogP contribution in [0.4, 0.5) is 11.4 Å². The van der Waals surface area contributed by atoms with Crippen LogP contribution >= 0.6 is 11.6 Å². The minimum atomic E-state index is -0.698. The van der Waals surface area contributed by atoms with E-state index in [2.05, 4.69) is 11.6 Å². The van der Waals surface area contributed by atoms with Crippen LogP contribution < -0.4 is 20.8 Å². The van der Waals surface area contributed by atoms with Gasteiger partial charge in [-0.25, -0.2) is 5.06 Å². The van der Waals surface area contributed by atoms with Crippen molar-refractivity contribution in [2.75, 3.05) is 12.3 Å². The van der Waals surface area contributed by atoms with Gasteiger partial charge in [0.2, 0.25) is 5.88 Å². The Morgan fingerprint density at radius 1 is 0.957 bits per heavy atom. The summed E-state index contributed by atoms with van der Waals surface area (Å²) >= 11 is 5.86. The largest absolute Gasteiger partial charge is 0.492 e. The minimum Gasteiger partial charge on any atom is -0.492 e. The normalized spacial score (nSPS) is 12.7. The zero-order valence-electron chi connectivity index (χ0n) is 24.9. The quantitative estimate of drug-likeness (QED) is 0.0900. The Balaban J connectivity index is 0.000000251. The fraction of sp³-hybridized carbons (Fsp3) is 0.143. The highest BCUT2D eigenvalue weighted by atomic mass is 35.5. The molecule has 5 N–H and O–H groups in total. The first-order valence-corrected chi connectivity index (χ1v) is 14.1. The van der Waals surface area contributed by atoms with Crippen LogP contribution in [0.1, 0.15) is 32.4 Å². The van der Waals surface area contributed by atoms with Crippen molar-refractivity contribution in [1.29, 1.82) is 0 Å². The van der Waals surface area contributed by atoms with Crippen LogP contribution in [0.2, 0.25) is 5.02 Å². The van der Waals surface area contributed by atoms with Crippen LogP contribution in [0.25, 0.3) is 0 Å². The number of pyridine rings is 1. The zero-order valence-corrected chi connectivity index (χ0v) is 25.7. The summed E-state index contributed by atoms with van der Waals surface area (Å²) in [4.78, 5) is 15.7. The smallest absolute Gasteiger partial charge is 0.286 e. The monoisotopic (exact) mass is 644 g/mol. The molecule has 0 aliphatic carbocycles. The predicted molar refractivity (Wildman–Crippen MR) is 182 cm³/mol. The van der Waals surface area contributed by atoms with E-state index in [-0.39, 0.29) is 18.8 Å². The van der Waals surface area contributed by atoms with Crippen LogP contribution in [0.5, 0.6) is 23.1 Å².